The Morgan fingerprint density at radius 1 is 1.17 bits per heavy atom. The van der Waals surface area contributed by atoms with E-state index in [-0.39, 0.29) is 6.10 Å². The predicted octanol–water partition coefficient (Wildman–Crippen LogP) is 5.20. The van der Waals surface area contributed by atoms with E-state index in [1.165, 1.54) is 0 Å². The lowest BCUT2D eigenvalue weighted by Gasteiger charge is -2.16. The first kappa shape index (κ1) is 16.9. The summed E-state index contributed by atoms with van der Waals surface area (Å²) in [5.41, 5.74) is 2.13. The van der Waals surface area contributed by atoms with E-state index in [1.807, 2.05) is 44.2 Å². The Morgan fingerprint density at radius 3 is 2.43 bits per heavy atom. The molecule has 2 aromatic rings. The third-order valence-corrected chi connectivity index (χ3v) is 3.41. The van der Waals surface area contributed by atoms with Gasteiger partial charge in [-0.3, -0.25) is 0 Å². The second kappa shape index (κ2) is 7.71. The van der Waals surface area contributed by atoms with Crippen molar-refractivity contribution in [2.45, 2.75) is 20.0 Å². The Bertz CT molecular complexity index is 743. The molecule has 0 heterocycles. The summed E-state index contributed by atoms with van der Waals surface area (Å²) >= 11 is 5.90. The van der Waals surface area contributed by atoms with Crippen LogP contribution >= 0.6 is 11.6 Å². The number of nitriles is 1. The zero-order valence-corrected chi connectivity index (χ0v) is 14.1. The lowest BCUT2D eigenvalue weighted by molar-refractivity contribution is 0.229. The topological polar surface area (TPSA) is 42.2 Å². The summed E-state index contributed by atoms with van der Waals surface area (Å²) in [5, 5.41) is 10.1. The number of benzene rings is 2. The van der Waals surface area contributed by atoms with Crippen LogP contribution in [0.25, 0.3) is 11.6 Å². The van der Waals surface area contributed by atoms with Gasteiger partial charge in [0.15, 0.2) is 11.5 Å². The third-order valence-electron chi connectivity index (χ3n) is 3.16. The first-order valence-corrected chi connectivity index (χ1v) is 7.64. The molecule has 0 atom stereocenters. The third kappa shape index (κ3) is 4.28. The van der Waals surface area contributed by atoms with E-state index in [0.717, 1.165) is 11.1 Å². The molecule has 0 fully saturated rings. The maximum atomic E-state index is 9.49. The number of ether oxygens (including phenoxy) is 2. The molecule has 0 unspecified atom stereocenters. The largest absolute Gasteiger partial charge is 0.493 e. The van der Waals surface area contributed by atoms with Crippen molar-refractivity contribution in [2.75, 3.05) is 7.11 Å². The molecular formula is C19H18ClNO2. The second-order valence-corrected chi connectivity index (χ2v) is 5.66. The van der Waals surface area contributed by atoms with Crippen molar-refractivity contribution in [1.82, 2.24) is 0 Å². The smallest absolute Gasteiger partial charge is 0.168 e. The van der Waals surface area contributed by atoms with Crippen LogP contribution in [0.2, 0.25) is 5.02 Å². The van der Waals surface area contributed by atoms with Crippen molar-refractivity contribution in [3.05, 3.63) is 58.6 Å². The monoisotopic (exact) mass is 327 g/mol. The molecule has 0 aliphatic carbocycles. The fourth-order valence-electron chi connectivity index (χ4n) is 2.13. The van der Waals surface area contributed by atoms with E-state index < -0.39 is 0 Å². The molecule has 0 N–H and O–H groups in total. The lowest BCUT2D eigenvalue weighted by Crippen LogP contribution is -2.08. The van der Waals surface area contributed by atoms with Crippen molar-refractivity contribution < 1.29 is 9.47 Å². The van der Waals surface area contributed by atoms with Gasteiger partial charge in [-0.25, -0.2) is 0 Å². The number of allylic oxidation sites excluding steroid dienone is 1. The van der Waals surface area contributed by atoms with E-state index in [1.54, 1.807) is 25.3 Å². The highest BCUT2D eigenvalue weighted by Gasteiger charge is 2.12. The zero-order valence-electron chi connectivity index (χ0n) is 13.3. The van der Waals surface area contributed by atoms with Crippen LogP contribution in [0.1, 0.15) is 25.0 Å². The molecule has 0 aliphatic heterocycles. The Labute approximate surface area is 141 Å². The van der Waals surface area contributed by atoms with Crippen molar-refractivity contribution in [3.63, 3.8) is 0 Å². The zero-order chi connectivity index (χ0) is 16.8. The van der Waals surface area contributed by atoms with Crippen molar-refractivity contribution >= 4 is 23.3 Å². The molecule has 0 spiro atoms. The van der Waals surface area contributed by atoms with Crippen LogP contribution < -0.4 is 9.47 Å². The predicted molar refractivity (Wildman–Crippen MR) is 93.7 cm³/mol. The van der Waals surface area contributed by atoms with Crippen molar-refractivity contribution in [3.8, 4) is 17.6 Å². The fraction of sp³-hybridized carbons (Fsp3) is 0.211. The standard InChI is InChI=1S/C19H18ClNO2/c1-13(2)23-19-15(5-4-6-18(19)22-3)11-16(12-21)14-7-9-17(20)10-8-14/h4-11,13H,1-3H3/b16-11-. The minimum atomic E-state index is -0.000447. The van der Waals surface area contributed by atoms with Crippen LogP contribution in [0.4, 0.5) is 0 Å². The Balaban J connectivity index is 2.51. The van der Waals surface area contributed by atoms with E-state index >= 15 is 0 Å². The van der Waals surface area contributed by atoms with Gasteiger partial charge in [0.05, 0.1) is 24.9 Å². The number of nitrogens with zero attached hydrogens (tertiary/aromatic N) is 1. The minimum absolute atomic E-state index is 0.000447. The molecule has 0 aromatic heterocycles. The maximum Gasteiger partial charge on any atom is 0.168 e. The van der Waals surface area contributed by atoms with Crippen LogP contribution in [-0.4, -0.2) is 13.2 Å². The molecule has 0 radical (unpaired) electrons. The minimum Gasteiger partial charge on any atom is -0.493 e. The second-order valence-electron chi connectivity index (χ2n) is 5.22. The molecule has 0 aliphatic rings. The van der Waals surface area contributed by atoms with Crippen LogP contribution in [0, 0.1) is 11.3 Å². The van der Waals surface area contributed by atoms with E-state index in [2.05, 4.69) is 6.07 Å². The summed E-state index contributed by atoms with van der Waals surface area (Å²) in [6, 6.07) is 15.0. The molecular weight excluding hydrogens is 310 g/mol. The van der Waals surface area contributed by atoms with Crippen molar-refractivity contribution in [2.24, 2.45) is 0 Å². The molecule has 0 saturated carbocycles. The molecule has 0 amide bonds. The van der Waals surface area contributed by atoms with Crippen LogP contribution in [0.15, 0.2) is 42.5 Å². The van der Waals surface area contributed by atoms with Crippen molar-refractivity contribution in [1.29, 1.82) is 5.26 Å². The number of rotatable bonds is 5. The van der Waals surface area contributed by atoms with Gasteiger partial charge < -0.3 is 9.47 Å². The normalized spacial score (nSPS) is 11.2. The summed E-state index contributed by atoms with van der Waals surface area (Å²) in [6.07, 6.45) is 1.79. The Hall–Kier alpha value is -2.44. The number of methoxy groups -OCH3 is 1. The molecule has 3 nitrogen and oxygen atoms in total. The highest BCUT2D eigenvalue weighted by atomic mass is 35.5. The summed E-state index contributed by atoms with van der Waals surface area (Å²) in [7, 11) is 1.60. The highest BCUT2D eigenvalue weighted by Crippen LogP contribution is 2.34. The molecule has 23 heavy (non-hydrogen) atoms. The Morgan fingerprint density at radius 2 is 1.87 bits per heavy atom. The molecule has 2 rings (SSSR count). The average Bonchev–Trinajstić information content (AvgIpc) is 2.54. The van der Waals surface area contributed by atoms with Crippen LogP contribution in [0.5, 0.6) is 11.5 Å². The number of halogens is 1. The number of hydrogen-bond acceptors (Lipinski definition) is 3. The summed E-state index contributed by atoms with van der Waals surface area (Å²) in [5.74, 6) is 1.27. The Kier molecular flexibility index (Phi) is 5.67. The number of para-hydroxylation sites is 1. The van der Waals surface area contributed by atoms with Gasteiger partial charge in [0.2, 0.25) is 0 Å². The first-order chi connectivity index (χ1) is 11.0. The molecule has 0 saturated heterocycles. The molecule has 4 heteroatoms. The summed E-state index contributed by atoms with van der Waals surface area (Å²) in [6.45, 7) is 3.90. The summed E-state index contributed by atoms with van der Waals surface area (Å²) < 4.78 is 11.2. The maximum absolute atomic E-state index is 9.49. The average molecular weight is 328 g/mol. The van der Waals surface area contributed by atoms with E-state index in [4.69, 9.17) is 21.1 Å². The summed E-state index contributed by atoms with van der Waals surface area (Å²) in [4.78, 5) is 0. The molecule has 118 valence electrons. The van der Waals surface area contributed by atoms with Gasteiger partial charge in [0.25, 0.3) is 0 Å². The van der Waals surface area contributed by atoms with Gasteiger partial charge in [-0.05, 0) is 43.7 Å². The SMILES string of the molecule is COc1cccc(/C=C(/C#N)c2ccc(Cl)cc2)c1OC(C)C. The highest BCUT2D eigenvalue weighted by molar-refractivity contribution is 6.30. The van der Waals surface area contributed by atoms with Crippen LogP contribution in [0.3, 0.4) is 0 Å². The van der Waals surface area contributed by atoms with Gasteiger partial charge in [-0.15, -0.1) is 0 Å². The fourth-order valence-corrected chi connectivity index (χ4v) is 2.26. The lowest BCUT2D eigenvalue weighted by atomic mass is 10.0. The van der Waals surface area contributed by atoms with E-state index in [9.17, 15) is 5.26 Å². The number of hydrogen-bond donors (Lipinski definition) is 0. The molecule has 0 bridgehead atoms. The van der Waals surface area contributed by atoms with E-state index in [0.29, 0.717) is 22.1 Å². The van der Waals surface area contributed by atoms with Gasteiger partial charge in [-0.1, -0.05) is 35.9 Å². The van der Waals surface area contributed by atoms with Gasteiger partial charge >= 0.3 is 0 Å². The van der Waals surface area contributed by atoms with Gasteiger partial charge in [0.1, 0.15) is 0 Å². The van der Waals surface area contributed by atoms with Gasteiger partial charge in [-0.2, -0.15) is 5.26 Å². The quantitative estimate of drug-likeness (QED) is 0.560. The molecule has 2 aromatic carbocycles. The first-order valence-electron chi connectivity index (χ1n) is 7.26. The van der Waals surface area contributed by atoms with Gasteiger partial charge in [0, 0.05) is 10.6 Å². The van der Waals surface area contributed by atoms with Crippen LogP contribution in [-0.2, 0) is 0 Å².